The lowest BCUT2D eigenvalue weighted by molar-refractivity contribution is 0.115. The van der Waals surface area contributed by atoms with Crippen LogP contribution in [0.25, 0.3) is 0 Å². The van der Waals surface area contributed by atoms with E-state index in [-0.39, 0.29) is 5.54 Å². The highest BCUT2D eigenvalue weighted by Crippen LogP contribution is 2.27. The minimum atomic E-state index is -2.53. The zero-order chi connectivity index (χ0) is 10.3. The predicted molar refractivity (Wildman–Crippen MR) is 55.8 cm³/mol. The molecule has 1 atom stereocenters. The third kappa shape index (κ3) is 3.56. The van der Waals surface area contributed by atoms with Gasteiger partial charge in [0.25, 0.3) is 0 Å². The lowest BCUT2D eigenvalue weighted by Crippen LogP contribution is -2.46. The molecule has 5 heteroatoms. The molecule has 0 bridgehead atoms. The minimum Gasteiger partial charge on any atom is -0.377 e. The Labute approximate surface area is 86.7 Å². The van der Waals surface area contributed by atoms with Gasteiger partial charge in [0.15, 0.2) is 0 Å². The first-order chi connectivity index (χ1) is 6.16. The highest BCUT2D eigenvalue weighted by Gasteiger charge is 2.43. The van der Waals surface area contributed by atoms with Crippen molar-refractivity contribution in [2.45, 2.75) is 18.4 Å². The van der Waals surface area contributed by atoms with E-state index in [0.29, 0.717) is 5.88 Å². The largest absolute Gasteiger partial charge is 0.503 e. The van der Waals surface area contributed by atoms with E-state index >= 15 is 0 Å². The zero-order valence-electron chi connectivity index (χ0n) is 8.51. The van der Waals surface area contributed by atoms with Crippen LogP contribution in [-0.4, -0.2) is 36.0 Å². The molecule has 0 N–H and O–H groups in total. The zero-order valence-corrected chi connectivity index (χ0v) is 10.3. The summed E-state index contributed by atoms with van der Waals surface area (Å²) in [5.74, 6) is 0.633. The van der Waals surface area contributed by atoms with E-state index in [2.05, 4.69) is 6.92 Å². The second-order valence-electron chi connectivity index (χ2n) is 2.74. The minimum absolute atomic E-state index is 0.0475. The van der Waals surface area contributed by atoms with Gasteiger partial charge < -0.3 is 13.3 Å². The van der Waals surface area contributed by atoms with Crippen molar-refractivity contribution in [1.29, 1.82) is 0 Å². The molecule has 0 saturated carbocycles. The molecule has 0 saturated heterocycles. The van der Waals surface area contributed by atoms with Crippen LogP contribution in [0.5, 0.6) is 0 Å². The van der Waals surface area contributed by atoms with Gasteiger partial charge in [-0.05, 0) is 19.8 Å². The highest BCUT2D eigenvalue weighted by atomic mass is 35.5. The molecule has 0 aromatic rings. The van der Waals surface area contributed by atoms with Gasteiger partial charge in [-0.2, -0.15) is 0 Å². The van der Waals surface area contributed by atoms with Crippen LogP contribution in [0, 0.1) is 6.92 Å². The molecule has 1 radical (unpaired) electrons. The highest BCUT2D eigenvalue weighted by molar-refractivity contribution is 6.62. The molecule has 13 heavy (non-hydrogen) atoms. The third-order valence-electron chi connectivity index (χ3n) is 2.04. The summed E-state index contributed by atoms with van der Waals surface area (Å²) >= 11 is 5.59. The molecule has 0 aromatic heterocycles. The second kappa shape index (κ2) is 6.78. The summed E-state index contributed by atoms with van der Waals surface area (Å²) in [6, 6.07) is 0. The van der Waals surface area contributed by atoms with Gasteiger partial charge in [-0.1, -0.05) is 0 Å². The number of hydrogen-bond acceptors (Lipinski definition) is 3. The molecule has 0 amide bonds. The topological polar surface area (TPSA) is 27.7 Å². The van der Waals surface area contributed by atoms with Crippen molar-refractivity contribution in [1.82, 2.24) is 0 Å². The van der Waals surface area contributed by atoms with Crippen molar-refractivity contribution in [3.63, 3.8) is 0 Å². The Hall–Kier alpha value is 0.387. The van der Waals surface area contributed by atoms with Crippen LogP contribution in [0.1, 0.15) is 12.8 Å². The number of rotatable bonds is 7. The first-order valence-electron chi connectivity index (χ1n) is 4.21. The van der Waals surface area contributed by atoms with Gasteiger partial charge >= 0.3 is 8.80 Å². The Balaban J connectivity index is 4.17. The van der Waals surface area contributed by atoms with Gasteiger partial charge in [0.2, 0.25) is 0 Å². The standard InChI is InChI=1S/C8H18ClO3Si/c1-8(6-5-7-9)13(10-2,11-3)12-4/h8H,1,5-7H2,2-4H3. The van der Waals surface area contributed by atoms with Crippen molar-refractivity contribution in [2.24, 2.45) is 0 Å². The van der Waals surface area contributed by atoms with Crippen LogP contribution in [0.3, 0.4) is 0 Å². The molecular weight excluding hydrogens is 208 g/mol. The lowest BCUT2D eigenvalue weighted by atomic mass is 10.3. The molecule has 0 heterocycles. The summed E-state index contributed by atoms with van der Waals surface area (Å²) in [5.41, 5.74) is 0.0475. The molecule has 0 aliphatic rings. The van der Waals surface area contributed by atoms with Gasteiger partial charge in [0, 0.05) is 32.8 Å². The Kier molecular flexibility index (Phi) is 6.99. The lowest BCUT2D eigenvalue weighted by Gasteiger charge is -2.29. The molecule has 79 valence electrons. The maximum atomic E-state index is 5.59. The van der Waals surface area contributed by atoms with E-state index in [1.807, 2.05) is 0 Å². The smallest absolute Gasteiger partial charge is 0.377 e. The van der Waals surface area contributed by atoms with Crippen molar-refractivity contribution < 1.29 is 13.3 Å². The van der Waals surface area contributed by atoms with E-state index < -0.39 is 8.80 Å². The SMILES string of the molecule is [CH2]C(CCCCl)[Si](OC)(OC)OC. The number of hydrogen-bond donors (Lipinski definition) is 0. The van der Waals surface area contributed by atoms with E-state index in [1.54, 1.807) is 21.3 Å². The summed E-state index contributed by atoms with van der Waals surface area (Å²) < 4.78 is 15.9. The second-order valence-corrected chi connectivity index (χ2v) is 6.37. The average Bonchev–Trinajstić information content (AvgIpc) is 2.18. The van der Waals surface area contributed by atoms with E-state index in [9.17, 15) is 0 Å². The monoisotopic (exact) mass is 225 g/mol. The van der Waals surface area contributed by atoms with Crippen LogP contribution in [0.4, 0.5) is 0 Å². The normalized spacial score (nSPS) is 14.5. The average molecular weight is 226 g/mol. The summed E-state index contributed by atoms with van der Waals surface area (Å²) in [6.07, 6.45) is 1.77. The van der Waals surface area contributed by atoms with Crippen LogP contribution in [-0.2, 0) is 13.3 Å². The van der Waals surface area contributed by atoms with Crippen LogP contribution in [0.2, 0.25) is 5.54 Å². The summed E-state index contributed by atoms with van der Waals surface area (Å²) in [4.78, 5) is 0. The molecule has 1 unspecified atom stereocenters. The Morgan fingerprint density at radius 3 is 2.00 bits per heavy atom. The summed E-state index contributed by atoms with van der Waals surface area (Å²) in [7, 11) is 2.26. The summed E-state index contributed by atoms with van der Waals surface area (Å²) in [6.45, 7) is 3.99. The number of alkyl halides is 1. The van der Waals surface area contributed by atoms with Gasteiger partial charge in [0.05, 0.1) is 0 Å². The van der Waals surface area contributed by atoms with Crippen LogP contribution >= 0.6 is 11.6 Å². The molecule has 0 rings (SSSR count). The molecule has 0 fully saturated rings. The van der Waals surface area contributed by atoms with E-state index in [0.717, 1.165) is 12.8 Å². The van der Waals surface area contributed by atoms with Crippen molar-refractivity contribution in [2.75, 3.05) is 27.2 Å². The quantitative estimate of drug-likeness (QED) is 0.491. The maximum absolute atomic E-state index is 5.59. The molecule has 3 nitrogen and oxygen atoms in total. The molecule has 0 aliphatic carbocycles. The first kappa shape index (κ1) is 13.4. The molecule has 0 aliphatic heterocycles. The Bertz CT molecular complexity index is 122. The maximum Gasteiger partial charge on any atom is 0.503 e. The first-order valence-corrected chi connectivity index (χ1v) is 6.55. The number of halogens is 1. The van der Waals surface area contributed by atoms with Gasteiger partial charge in [-0.3, -0.25) is 0 Å². The predicted octanol–water partition coefficient (Wildman–Crippen LogP) is 2.09. The van der Waals surface area contributed by atoms with Crippen LogP contribution in [0.15, 0.2) is 0 Å². The van der Waals surface area contributed by atoms with Gasteiger partial charge in [0.1, 0.15) is 0 Å². The fourth-order valence-electron chi connectivity index (χ4n) is 1.25. The third-order valence-corrected chi connectivity index (χ3v) is 5.30. The molecule has 0 aromatic carbocycles. The Morgan fingerprint density at radius 2 is 1.69 bits per heavy atom. The Morgan fingerprint density at radius 1 is 1.23 bits per heavy atom. The molecular formula is C8H18ClO3Si. The fraction of sp³-hybridized carbons (Fsp3) is 0.875. The molecule has 0 spiro atoms. The van der Waals surface area contributed by atoms with E-state index in [4.69, 9.17) is 24.9 Å². The van der Waals surface area contributed by atoms with Crippen molar-refractivity contribution >= 4 is 20.4 Å². The summed E-state index contributed by atoms with van der Waals surface area (Å²) in [5, 5.41) is 0. The van der Waals surface area contributed by atoms with Gasteiger partial charge in [-0.25, -0.2) is 0 Å². The van der Waals surface area contributed by atoms with E-state index in [1.165, 1.54) is 0 Å². The van der Waals surface area contributed by atoms with Crippen molar-refractivity contribution in [3.05, 3.63) is 6.92 Å². The van der Waals surface area contributed by atoms with Crippen LogP contribution < -0.4 is 0 Å². The fourth-order valence-corrected chi connectivity index (χ4v) is 3.46. The van der Waals surface area contributed by atoms with Crippen molar-refractivity contribution in [3.8, 4) is 0 Å². The van der Waals surface area contributed by atoms with Gasteiger partial charge in [-0.15, -0.1) is 11.6 Å².